The summed E-state index contributed by atoms with van der Waals surface area (Å²) < 4.78 is 0. The summed E-state index contributed by atoms with van der Waals surface area (Å²) in [5.74, 6) is -2.13. The van der Waals surface area contributed by atoms with Gasteiger partial charge in [0, 0.05) is 12.5 Å². The Hall–Kier alpha value is -2.18. The second-order valence-electron chi connectivity index (χ2n) is 6.22. The van der Waals surface area contributed by atoms with Crippen molar-refractivity contribution in [3.8, 4) is 0 Å². The maximum atomic E-state index is 12.3. The monoisotopic (exact) mass is 316 g/mol. The normalized spacial score (nSPS) is 27.7. The first-order chi connectivity index (χ1) is 10.9. The van der Waals surface area contributed by atoms with E-state index in [2.05, 4.69) is 0 Å². The van der Waals surface area contributed by atoms with Crippen LogP contribution in [0.5, 0.6) is 0 Å². The van der Waals surface area contributed by atoms with Crippen molar-refractivity contribution in [1.29, 1.82) is 0 Å². The second kappa shape index (κ2) is 5.47. The molecule has 0 bridgehead atoms. The van der Waals surface area contributed by atoms with Crippen LogP contribution in [0.3, 0.4) is 0 Å². The average Bonchev–Trinajstić information content (AvgIpc) is 2.76. The molecule has 1 saturated heterocycles. The van der Waals surface area contributed by atoms with Crippen molar-refractivity contribution in [2.45, 2.75) is 32.5 Å². The fourth-order valence-electron chi connectivity index (χ4n) is 3.77. The molecule has 6 nitrogen and oxygen atoms in total. The number of carboxylic acids is 1. The largest absolute Gasteiger partial charge is 0.477 e. The minimum atomic E-state index is -1.12. The van der Waals surface area contributed by atoms with Crippen LogP contribution in [0.15, 0.2) is 30.0 Å². The number of fused-ring (bicyclic) bond motifs is 1. The highest BCUT2D eigenvalue weighted by atomic mass is 16.4. The fourth-order valence-corrected chi connectivity index (χ4v) is 3.77. The summed E-state index contributed by atoms with van der Waals surface area (Å²) in [6.07, 6.45) is -0.791. The third-order valence-electron chi connectivity index (χ3n) is 4.88. The zero-order valence-electron chi connectivity index (χ0n) is 13.1. The summed E-state index contributed by atoms with van der Waals surface area (Å²) in [4.78, 5) is 25.3. The number of aliphatic hydroxyl groups is 1. The molecule has 4 N–H and O–H groups in total. The van der Waals surface area contributed by atoms with Crippen LogP contribution in [0.2, 0.25) is 0 Å². The summed E-state index contributed by atoms with van der Waals surface area (Å²) in [5.41, 5.74) is 8.00. The summed E-state index contributed by atoms with van der Waals surface area (Å²) in [5, 5.41) is 19.4. The van der Waals surface area contributed by atoms with Gasteiger partial charge in [-0.2, -0.15) is 0 Å². The Morgan fingerprint density at radius 1 is 1.35 bits per heavy atom. The third kappa shape index (κ3) is 2.17. The van der Waals surface area contributed by atoms with Crippen LogP contribution in [0.4, 0.5) is 0 Å². The number of amides is 1. The van der Waals surface area contributed by atoms with Gasteiger partial charge in [0.25, 0.3) is 0 Å². The number of nitrogens with zero attached hydrogens (tertiary/aromatic N) is 1. The lowest BCUT2D eigenvalue weighted by molar-refractivity contribution is -0.163. The number of aliphatic carboxylic acids is 1. The molecule has 1 amide bonds. The number of hydrogen-bond donors (Lipinski definition) is 3. The number of carboxylic acid groups (broad SMARTS) is 1. The highest BCUT2D eigenvalue weighted by molar-refractivity contribution is 6.06. The average molecular weight is 316 g/mol. The lowest BCUT2D eigenvalue weighted by atomic mass is 9.77. The maximum Gasteiger partial charge on any atom is 0.352 e. The van der Waals surface area contributed by atoms with E-state index in [-0.39, 0.29) is 23.6 Å². The smallest absolute Gasteiger partial charge is 0.352 e. The Balaban J connectivity index is 2.07. The van der Waals surface area contributed by atoms with Gasteiger partial charge in [-0.15, -0.1) is 0 Å². The Labute approximate surface area is 134 Å². The maximum absolute atomic E-state index is 12.3. The Morgan fingerprint density at radius 2 is 1.96 bits per heavy atom. The van der Waals surface area contributed by atoms with Gasteiger partial charge < -0.3 is 20.8 Å². The van der Waals surface area contributed by atoms with Gasteiger partial charge in [0.1, 0.15) is 5.70 Å². The molecule has 2 heterocycles. The molecule has 0 radical (unpaired) electrons. The van der Waals surface area contributed by atoms with E-state index in [1.807, 2.05) is 31.2 Å². The Kier molecular flexibility index (Phi) is 3.74. The van der Waals surface area contributed by atoms with Crippen molar-refractivity contribution >= 4 is 17.4 Å². The van der Waals surface area contributed by atoms with Gasteiger partial charge in [-0.25, -0.2) is 4.79 Å². The van der Waals surface area contributed by atoms with E-state index in [1.54, 1.807) is 6.92 Å². The number of carbonyl (C=O) groups is 2. The van der Waals surface area contributed by atoms with Crippen LogP contribution in [0.1, 0.15) is 25.0 Å². The SMILES string of the molecule is CC(O)C1C(=O)N2C(C(=O)O)=C(c3ccc(CN)cc3)C(C)[C@H]12. The van der Waals surface area contributed by atoms with E-state index >= 15 is 0 Å². The second-order valence-corrected chi connectivity index (χ2v) is 6.22. The molecule has 3 unspecified atom stereocenters. The van der Waals surface area contributed by atoms with Crippen LogP contribution in [0, 0.1) is 11.8 Å². The molecule has 0 saturated carbocycles. The number of β-lactam (4-membered cyclic amide) rings is 1. The van der Waals surface area contributed by atoms with Crippen molar-refractivity contribution in [2.75, 3.05) is 0 Å². The van der Waals surface area contributed by atoms with Crippen LogP contribution in [-0.2, 0) is 16.1 Å². The third-order valence-corrected chi connectivity index (χ3v) is 4.88. The first-order valence-corrected chi connectivity index (χ1v) is 7.66. The lowest BCUT2D eigenvalue weighted by Crippen LogP contribution is -2.63. The predicted octanol–water partition coefficient (Wildman–Crippen LogP) is 0.798. The quantitative estimate of drug-likeness (QED) is 0.713. The lowest BCUT2D eigenvalue weighted by Gasteiger charge is -2.46. The molecule has 2 aliphatic heterocycles. The first kappa shape index (κ1) is 15.7. The minimum Gasteiger partial charge on any atom is -0.477 e. The minimum absolute atomic E-state index is 0.0323. The van der Waals surface area contributed by atoms with Gasteiger partial charge >= 0.3 is 5.97 Å². The fraction of sp³-hybridized carbons (Fsp3) is 0.412. The van der Waals surface area contributed by atoms with E-state index in [1.165, 1.54) is 4.90 Å². The van der Waals surface area contributed by atoms with Crippen molar-refractivity contribution in [3.05, 3.63) is 41.1 Å². The predicted molar refractivity (Wildman–Crippen MR) is 83.9 cm³/mol. The van der Waals surface area contributed by atoms with Crippen molar-refractivity contribution in [2.24, 2.45) is 17.6 Å². The number of rotatable bonds is 4. The number of hydrogen-bond acceptors (Lipinski definition) is 4. The molecule has 1 aromatic carbocycles. The van der Waals surface area contributed by atoms with Gasteiger partial charge in [-0.1, -0.05) is 31.2 Å². The number of aliphatic hydroxyl groups excluding tert-OH is 1. The molecule has 122 valence electrons. The highest BCUT2D eigenvalue weighted by Crippen LogP contribution is 2.50. The number of benzene rings is 1. The van der Waals surface area contributed by atoms with Crippen LogP contribution in [-0.4, -0.2) is 39.1 Å². The molecule has 0 aromatic heterocycles. The number of nitrogens with two attached hydrogens (primary N) is 1. The Morgan fingerprint density at radius 3 is 2.43 bits per heavy atom. The highest BCUT2D eigenvalue weighted by Gasteiger charge is 2.59. The molecule has 1 fully saturated rings. The summed E-state index contributed by atoms with van der Waals surface area (Å²) in [6.45, 7) is 3.89. The molecule has 1 aromatic rings. The van der Waals surface area contributed by atoms with Gasteiger partial charge in [0.05, 0.1) is 18.1 Å². The zero-order chi connectivity index (χ0) is 16.9. The molecule has 0 spiro atoms. The molecular formula is C17H20N2O4. The molecular weight excluding hydrogens is 296 g/mol. The van der Waals surface area contributed by atoms with Crippen molar-refractivity contribution in [3.63, 3.8) is 0 Å². The van der Waals surface area contributed by atoms with E-state index < -0.39 is 18.0 Å². The molecule has 23 heavy (non-hydrogen) atoms. The summed E-state index contributed by atoms with van der Waals surface area (Å²) >= 11 is 0. The molecule has 0 aliphatic carbocycles. The van der Waals surface area contributed by atoms with E-state index in [4.69, 9.17) is 5.73 Å². The van der Waals surface area contributed by atoms with Crippen LogP contribution >= 0.6 is 0 Å². The van der Waals surface area contributed by atoms with Crippen molar-refractivity contribution < 1.29 is 19.8 Å². The van der Waals surface area contributed by atoms with E-state index in [9.17, 15) is 19.8 Å². The summed E-state index contributed by atoms with van der Waals surface area (Å²) in [7, 11) is 0. The first-order valence-electron chi connectivity index (χ1n) is 7.66. The van der Waals surface area contributed by atoms with Gasteiger partial charge in [0.2, 0.25) is 5.91 Å². The molecule has 6 heteroatoms. The van der Waals surface area contributed by atoms with Crippen molar-refractivity contribution in [1.82, 2.24) is 4.90 Å². The molecule has 3 rings (SSSR count). The van der Waals surface area contributed by atoms with Gasteiger partial charge in [-0.05, 0) is 23.6 Å². The summed E-state index contributed by atoms with van der Waals surface area (Å²) in [6, 6.07) is 7.10. The molecule has 4 atom stereocenters. The van der Waals surface area contributed by atoms with Gasteiger partial charge in [-0.3, -0.25) is 4.79 Å². The topological polar surface area (TPSA) is 104 Å². The van der Waals surface area contributed by atoms with E-state index in [0.717, 1.165) is 11.1 Å². The number of carbonyl (C=O) groups excluding carboxylic acids is 1. The molecule has 2 aliphatic rings. The standard InChI is InChI=1S/C17H20N2O4/c1-8-12(11-5-3-10(7-18)4-6-11)15(17(22)23)19-14(8)13(9(2)20)16(19)21/h3-6,8-9,13-14,20H,7,18H2,1-2H3,(H,22,23)/t8?,9?,13?,14-/m1/s1. The van der Waals surface area contributed by atoms with Gasteiger partial charge in [0.15, 0.2) is 0 Å². The van der Waals surface area contributed by atoms with E-state index in [0.29, 0.717) is 12.1 Å². The van der Waals surface area contributed by atoms with Crippen LogP contribution < -0.4 is 5.73 Å². The zero-order valence-corrected chi connectivity index (χ0v) is 13.1. The Bertz CT molecular complexity index is 693. The van der Waals surface area contributed by atoms with Crippen LogP contribution in [0.25, 0.3) is 5.57 Å².